The van der Waals surface area contributed by atoms with Gasteiger partial charge in [-0.3, -0.25) is 4.79 Å². The first kappa shape index (κ1) is 10.4. The van der Waals surface area contributed by atoms with Crippen LogP contribution in [0.5, 0.6) is 0 Å². The maximum atomic E-state index is 12.3. The number of anilines is 2. The van der Waals surface area contributed by atoms with Crippen LogP contribution in [0.15, 0.2) is 18.2 Å². The number of benzene rings is 1. The van der Waals surface area contributed by atoms with Gasteiger partial charge in [-0.1, -0.05) is 0 Å². The van der Waals surface area contributed by atoms with E-state index in [0.717, 1.165) is 12.1 Å². The number of rotatable bonds is 2. The highest BCUT2D eigenvalue weighted by atomic mass is 19.4. The summed E-state index contributed by atoms with van der Waals surface area (Å²) in [6, 6.07) is 3.16. The van der Waals surface area contributed by atoms with Crippen LogP contribution >= 0.6 is 0 Å². The fourth-order valence-electron chi connectivity index (χ4n) is 0.960. The monoisotopic (exact) mass is 204 g/mol. The molecule has 1 aromatic rings. The maximum Gasteiger partial charge on any atom is 0.418 e. The van der Waals surface area contributed by atoms with Gasteiger partial charge in [-0.15, -0.1) is 0 Å². The maximum absolute atomic E-state index is 12.3. The molecule has 0 saturated carbocycles. The van der Waals surface area contributed by atoms with E-state index in [-0.39, 0.29) is 11.4 Å². The summed E-state index contributed by atoms with van der Waals surface area (Å²) in [4.78, 5) is 10.00. The molecule has 14 heavy (non-hydrogen) atoms. The summed E-state index contributed by atoms with van der Waals surface area (Å²) in [6.07, 6.45) is -4.21. The second kappa shape index (κ2) is 3.57. The minimum Gasteiger partial charge on any atom is -0.398 e. The average molecular weight is 204 g/mol. The number of carbonyl (C=O) groups excluding carboxylic acids is 1. The van der Waals surface area contributed by atoms with E-state index in [1.54, 1.807) is 0 Å². The molecule has 6 heteroatoms. The van der Waals surface area contributed by atoms with Gasteiger partial charge in [0.25, 0.3) is 0 Å². The molecule has 0 aromatic heterocycles. The molecule has 0 unspecified atom stereocenters. The molecule has 0 aliphatic rings. The smallest absolute Gasteiger partial charge is 0.398 e. The molecule has 0 fully saturated rings. The Morgan fingerprint density at radius 1 is 1.36 bits per heavy atom. The molecule has 0 aliphatic carbocycles. The molecule has 0 spiro atoms. The van der Waals surface area contributed by atoms with E-state index >= 15 is 0 Å². The summed E-state index contributed by atoms with van der Waals surface area (Å²) in [5.74, 6) is 0. The first-order valence-corrected chi connectivity index (χ1v) is 3.62. The number of nitrogen functional groups attached to an aromatic ring is 1. The third kappa shape index (κ3) is 2.15. The second-order valence-corrected chi connectivity index (χ2v) is 2.56. The van der Waals surface area contributed by atoms with Gasteiger partial charge in [0.05, 0.1) is 5.56 Å². The number of nitrogens with two attached hydrogens (primary N) is 1. The first-order chi connectivity index (χ1) is 6.45. The molecule has 1 aromatic carbocycles. The first-order valence-electron chi connectivity index (χ1n) is 3.62. The van der Waals surface area contributed by atoms with Crippen molar-refractivity contribution in [1.29, 1.82) is 0 Å². The molecular weight excluding hydrogens is 197 g/mol. The van der Waals surface area contributed by atoms with E-state index in [1.165, 1.54) is 6.07 Å². The molecule has 3 N–H and O–H groups in total. The van der Waals surface area contributed by atoms with Crippen molar-refractivity contribution in [1.82, 2.24) is 0 Å². The lowest BCUT2D eigenvalue weighted by atomic mass is 10.1. The fourth-order valence-corrected chi connectivity index (χ4v) is 0.960. The van der Waals surface area contributed by atoms with Crippen molar-refractivity contribution in [2.75, 3.05) is 11.1 Å². The van der Waals surface area contributed by atoms with Crippen LogP contribution in [0.1, 0.15) is 5.56 Å². The molecule has 76 valence electrons. The number of nitrogens with one attached hydrogen (secondary N) is 1. The van der Waals surface area contributed by atoms with E-state index in [9.17, 15) is 18.0 Å². The largest absolute Gasteiger partial charge is 0.418 e. The SMILES string of the molecule is Nc1ccc(NC=O)cc1C(F)(F)F. The number of hydrogen-bond acceptors (Lipinski definition) is 2. The molecule has 0 heterocycles. The molecule has 3 nitrogen and oxygen atoms in total. The van der Waals surface area contributed by atoms with Gasteiger partial charge in [0, 0.05) is 11.4 Å². The molecular formula is C8H7F3N2O. The van der Waals surface area contributed by atoms with Crippen molar-refractivity contribution in [3.05, 3.63) is 23.8 Å². The Hall–Kier alpha value is -1.72. The molecule has 1 rings (SSSR count). The molecule has 1 amide bonds. The minimum absolute atomic E-state index is 0.0570. The van der Waals surface area contributed by atoms with Gasteiger partial charge < -0.3 is 11.1 Å². The quantitative estimate of drug-likeness (QED) is 0.570. The van der Waals surface area contributed by atoms with Gasteiger partial charge in [0.1, 0.15) is 0 Å². The molecule has 0 atom stereocenters. The minimum atomic E-state index is -4.51. The number of halogens is 3. The molecule has 0 saturated heterocycles. The Morgan fingerprint density at radius 3 is 2.50 bits per heavy atom. The third-order valence-electron chi connectivity index (χ3n) is 1.58. The Balaban J connectivity index is 3.15. The van der Waals surface area contributed by atoms with Crippen LogP contribution < -0.4 is 11.1 Å². The van der Waals surface area contributed by atoms with Crippen molar-refractivity contribution < 1.29 is 18.0 Å². The summed E-state index contributed by atoms with van der Waals surface area (Å²) in [5.41, 5.74) is 3.87. The van der Waals surface area contributed by atoms with Gasteiger partial charge in [0.2, 0.25) is 6.41 Å². The highest BCUT2D eigenvalue weighted by molar-refractivity contribution is 5.73. The fraction of sp³-hybridized carbons (Fsp3) is 0.125. The lowest BCUT2D eigenvalue weighted by Crippen LogP contribution is -2.09. The van der Waals surface area contributed by atoms with Gasteiger partial charge in [0.15, 0.2) is 0 Å². The lowest BCUT2D eigenvalue weighted by Gasteiger charge is -2.10. The van der Waals surface area contributed by atoms with Crippen LogP contribution in [-0.4, -0.2) is 6.41 Å². The van der Waals surface area contributed by atoms with Crippen LogP contribution in [0.2, 0.25) is 0 Å². The number of amides is 1. The Bertz CT molecular complexity index is 349. The topological polar surface area (TPSA) is 55.1 Å². The van der Waals surface area contributed by atoms with Crippen molar-refractivity contribution >= 4 is 17.8 Å². The zero-order chi connectivity index (χ0) is 10.8. The van der Waals surface area contributed by atoms with Crippen LogP contribution in [0, 0.1) is 0 Å². The highest BCUT2D eigenvalue weighted by Gasteiger charge is 2.33. The predicted molar refractivity (Wildman–Crippen MR) is 45.5 cm³/mol. The van der Waals surface area contributed by atoms with Crippen molar-refractivity contribution in [3.63, 3.8) is 0 Å². The molecule has 0 radical (unpaired) electrons. The van der Waals surface area contributed by atoms with Gasteiger partial charge in [-0.2, -0.15) is 13.2 Å². The second-order valence-electron chi connectivity index (χ2n) is 2.56. The summed E-state index contributed by atoms with van der Waals surface area (Å²) in [6.45, 7) is 0. The predicted octanol–water partition coefficient (Wildman–Crippen LogP) is 1.86. The summed E-state index contributed by atoms with van der Waals surface area (Å²) in [7, 11) is 0. The summed E-state index contributed by atoms with van der Waals surface area (Å²) < 4.78 is 36.8. The van der Waals surface area contributed by atoms with Crippen LogP contribution in [0.4, 0.5) is 24.5 Å². The number of carbonyl (C=O) groups is 1. The molecule has 0 aliphatic heterocycles. The lowest BCUT2D eigenvalue weighted by molar-refractivity contribution is -0.136. The van der Waals surface area contributed by atoms with E-state index in [4.69, 9.17) is 5.73 Å². The van der Waals surface area contributed by atoms with Crippen LogP contribution in [0.25, 0.3) is 0 Å². The number of alkyl halides is 3. The highest BCUT2D eigenvalue weighted by Crippen LogP contribution is 2.34. The normalized spacial score (nSPS) is 11.1. The van der Waals surface area contributed by atoms with Gasteiger partial charge in [-0.25, -0.2) is 0 Å². The molecule has 0 bridgehead atoms. The van der Waals surface area contributed by atoms with Crippen molar-refractivity contribution in [2.24, 2.45) is 0 Å². The Morgan fingerprint density at radius 2 is 2.00 bits per heavy atom. The van der Waals surface area contributed by atoms with E-state index in [0.29, 0.717) is 6.41 Å². The summed E-state index contributed by atoms with van der Waals surface area (Å²) in [5, 5.41) is 2.11. The van der Waals surface area contributed by atoms with Crippen molar-refractivity contribution in [2.45, 2.75) is 6.18 Å². The van der Waals surface area contributed by atoms with E-state index in [2.05, 4.69) is 5.32 Å². The third-order valence-corrected chi connectivity index (χ3v) is 1.58. The Labute approximate surface area is 77.7 Å². The van der Waals surface area contributed by atoms with Crippen LogP contribution in [-0.2, 0) is 11.0 Å². The zero-order valence-corrected chi connectivity index (χ0v) is 6.93. The van der Waals surface area contributed by atoms with Gasteiger partial charge >= 0.3 is 6.18 Å². The van der Waals surface area contributed by atoms with Gasteiger partial charge in [-0.05, 0) is 18.2 Å². The van der Waals surface area contributed by atoms with E-state index < -0.39 is 11.7 Å². The zero-order valence-electron chi connectivity index (χ0n) is 6.93. The van der Waals surface area contributed by atoms with Crippen LogP contribution in [0.3, 0.4) is 0 Å². The Kier molecular flexibility index (Phi) is 2.64. The van der Waals surface area contributed by atoms with Crippen molar-refractivity contribution in [3.8, 4) is 0 Å². The standard InChI is InChI=1S/C8H7F3N2O/c9-8(10,11)6-3-5(13-4-14)1-2-7(6)12/h1-4H,12H2,(H,13,14). The average Bonchev–Trinajstić information content (AvgIpc) is 2.07. The van der Waals surface area contributed by atoms with E-state index in [1.807, 2.05) is 0 Å². The number of hydrogen-bond donors (Lipinski definition) is 2. The summed E-state index contributed by atoms with van der Waals surface area (Å²) >= 11 is 0.